The topological polar surface area (TPSA) is 164 Å². The fourth-order valence-corrected chi connectivity index (χ4v) is 2.73. The Morgan fingerprint density at radius 1 is 1.52 bits per heavy atom. The highest BCUT2D eigenvalue weighted by Crippen LogP contribution is 2.39. The molecule has 124 valence electrons. The number of hydrogen-bond acceptors (Lipinski definition) is 8. The molecule has 0 amide bonds. The minimum atomic E-state index is -1.72. The van der Waals surface area contributed by atoms with Crippen molar-refractivity contribution in [3.05, 3.63) is 18.1 Å². The summed E-state index contributed by atoms with van der Waals surface area (Å²) in [5.41, 5.74) is 4.16. The fourth-order valence-electron chi connectivity index (χ4n) is 2.73. The van der Waals surface area contributed by atoms with Crippen molar-refractivity contribution >= 4 is 22.8 Å². The summed E-state index contributed by atoms with van der Waals surface area (Å²) >= 11 is 0. The molecule has 6 N–H and O–H groups in total. The second-order valence-electron chi connectivity index (χ2n) is 5.58. The molecular formula is C13H16N4O6. The van der Waals surface area contributed by atoms with Gasteiger partial charge < -0.3 is 35.5 Å². The minimum Gasteiger partial charge on any atom is -0.475 e. The van der Waals surface area contributed by atoms with Gasteiger partial charge in [0.05, 0.1) is 12.0 Å². The van der Waals surface area contributed by atoms with Crippen LogP contribution < -0.4 is 5.73 Å². The van der Waals surface area contributed by atoms with Gasteiger partial charge in [0.2, 0.25) is 5.82 Å². The van der Waals surface area contributed by atoms with Crippen molar-refractivity contribution in [1.82, 2.24) is 14.5 Å². The molecule has 10 nitrogen and oxygen atoms in total. The Bertz CT molecular complexity index is 773. The average molecular weight is 324 g/mol. The summed E-state index contributed by atoms with van der Waals surface area (Å²) in [6.45, 7) is 0.872. The van der Waals surface area contributed by atoms with E-state index < -0.39 is 42.4 Å². The number of fused-ring (bicyclic) bond motifs is 1. The SMILES string of the molecule is C[C@]1(O)C(n2ccc3c(N)nc(C(=O)O)nc32)O[C@H](CO)[C@H]1O. The zero-order chi connectivity index (χ0) is 16.9. The van der Waals surface area contributed by atoms with Crippen molar-refractivity contribution in [2.45, 2.75) is 31.0 Å². The number of carbonyl (C=O) groups is 1. The molecule has 2 aromatic heterocycles. The van der Waals surface area contributed by atoms with Gasteiger partial charge in [-0.1, -0.05) is 0 Å². The van der Waals surface area contributed by atoms with Gasteiger partial charge in [-0.2, -0.15) is 0 Å². The Morgan fingerprint density at radius 2 is 2.22 bits per heavy atom. The number of nitrogen functional groups attached to an aromatic ring is 1. The van der Waals surface area contributed by atoms with Crippen LogP contribution in [0.1, 0.15) is 23.8 Å². The standard InChI is InChI=1S/C13H16N4O6/c1-13(22)7(19)6(4-18)23-12(13)17-3-2-5-8(14)15-9(11(20)21)16-10(5)17/h2-3,6-7,12,18-19,22H,4H2,1H3,(H,20,21)(H2,14,15,16)/t6-,7-,12?,13-/m1/s1. The molecule has 1 aliphatic heterocycles. The van der Waals surface area contributed by atoms with Crippen LogP contribution >= 0.6 is 0 Å². The average Bonchev–Trinajstić information content (AvgIpc) is 3.00. The molecule has 10 heteroatoms. The van der Waals surface area contributed by atoms with Gasteiger partial charge >= 0.3 is 5.97 Å². The molecule has 0 aliphatic carbocycles. The Kier molecular flexibility index (Phi) is 3.48. The molecule has 0 spiro atoms. The van der Waals surface area contributed by atoms with Gasteiger partial charge in [-0.25, -0.2) is 14.8 Å². The van der Waals surface area contributed by atoms with Crippen LogP contribution in [0, 0.1) is 0 Å². The highest BCUT2D eigenvalue weighted by molar-refractivity contribution is 5.91. The van der Waals surface area contributed by atoms with Crippen LogP contribution in [0.15, 0.2) is 12.3 Å². The minimum absolute atomic E-state index is 0.0250. The molecule has 1 unspecified atom stereocenters. The lowest BCUT2D eigenvalue weighted by atomic mass is 9.96. The summed E-state index contributed by atoms with van der Waals surface area (Å²) in [5, 5.41) is 39.2. The Morgan fingerprint density at radius 3 is 2.78 bits per heavy atom. The predicted octanol–water partition coefficient (Wildman–Crippen LogP) is -1.29. The maximum Gasteiger partial charge on any atom is 0.374 e. The van der Waals surface area contributed by atoms with Crippen LogP contribution in [-0.2, 0) is 4.74 Å². The zero-order valence-corrected chi connectivity index (χ0v) is 12.1. The summed E-state index contributed by atoms with van der Waals surface area (Å²) in [6, 6.07) is 1.55. The number of rotatable bonds is 3. The maximum absolute atomic E-state index is 11.1. The highest BCUT2D eigenvalue weighted by Gasteiger charge is 2.53. The van der Waals surface area contributed by atoms with Gasteiger partial charge in [0.15, 0.2) is 6.23 Å². The van der Waals surface area contributed by atoms with Gasteiger partial charge in [0, 0.05) is 6.20 Å². The van der Waals surface area contributed by atoms with E-state index in [2.05, 4.69) is 9.97 Å². The highest BCUT2D eigenvalue weighted by atomic mass is 16.6. The lowest BCUT2D eigenvalue weighted by Crippen LogP contribution is -2.44. The van der Waals surface area contributed by atoms with Crippen LogP contribution in [-0.4, -0.2) is 65.3 Å². The normalized spacial score (nSPS) is 30.9. The van der Waals surface area contributed by atoms with Crippen molar-refractivity contribution in [2.75, 3.05) is 12.3 Å². The Hall–Kier alpha value is -2.27. The molecule has 3 heterocycles. The third-order valence-corrected chi connectivity index (χ3v) is 3.98. The molecule has 1 fully saturated rings. The lowest BCUT2D eigenvalue weighted by Gasteiger charge is -2.27. The lowest BCUT2D eigenvalue weighted by molar-refractivity contribution is -0.0948. The van der Waals surface area contributed by atoms with Crippen LogP contribution in [0.5, 0.6) is 0 Å². The number of carboxylic acid groups (broad SMARTS) is 1. The molecule has 1 aliphatic rings. The molecule has 0 bridgehead atoms. The number of aliphatic hydroxyl groups excluding tert-OH is 2. The van der Waals surface area contributed by atoms with Crippen molar-refractivity contribution < 1.29 is 30.0 Å². The van der Waals surface area contributed by atoms with Crippen LogP contribution in [0.2, 0.25) is 0 Å². The van der Waals surface area contributed by atoms with Crippen molar-refractivity contribution in [2.24, 2.45) is 0 Å². The summed E-state index contributed by atoms with van der Waals surface area (Å²) < 4.78 is 6.85. The quantitative estimate of drug-likeness (QED) is 0.462. The summed E-state index contributed by atoms with van der Waals surface area (Å²) in [5.74, 6) is -1.87. The van der Waals surface area contributed by atoms with E-state index in [1.807, 2.05) is 0 Å². The number of nitrogens with zero attached hydrogens (tertiary/aromatic N) is 3. The van der Waals surface area contributed by atoms with E-state index in [1.54, 1.807) is 6.07 Å². The largest absolute Gasteiger partial charge is 0.475 e. The summed E-state index contributed by atoms with van der Waals surface area (Å²) in [6.07, 6.45) is -1.89. The summed E-state index contributed by atoms with van der Waals surface area (Å²) in [4.78, 5) is 18.7. The van der Waals surface area contributed by atoms with E-state index in [1.165, 1.54) is 17.7 Å². The van der Waals surface area contributed by atoms with Gasteiger partial charge in [0.25, 0.3) is 0 Å². The first-order valence-electron chi connectivity index (χ1n) is 6.81. The molecular weight excluding hydrogens is 308 g/mol. The van der Waals surface area contributed by atoms with Crippen LogP contribution in [0.25, 0.3) is 11.0 Å². The summed E-state index contributed by atoms with van der Waals surface area (Å²) in [7, 11) is 0. The van der Waals surface area contributed by atoms with Gasteiger partial charge in [-0.3, -0.25) is 0 Å². The van der Waals surface area contributed by atoms with E-state index in [4.69, 9.17) is 15.6 Å². The maximum atomic E-state index is 11.1. The third kappa shape index (κ3) is 2.23. The number of anilines is 1. The van der Waals surface area contributed by atoms with Gasteiger partial charge in [-0.15, -0.1) is 0 Å². The third-order valence-electron chi connectivity index (χ3n) is 3.98. The van der Waals surface area contributed by atoms with Crippen LogP contribution in [0.3, 0.4) is 0 Å². The molecule has 0 radical (unpaired) electrons. The predicted molar refractivity (Wildman–Crippen MR) is 76.5 cm³/mol. The first-order valence-corrected chi connectivity index (χ1v) is 6.81. The second-order valence-corrected chi connectivity index (χ2v) is 5.58. The Balaban J connectivity index is 2.15. The molecule has 2 aromatic rings. The van der Waals surface area contributed by atoms with E-state index in [9.17, 15) is 20.1 Å². The number of aromatic nitrogens is 3. The number of hydrogen-bond donors (Lipinski definition) is 5. The number of carboxylic acids is 1. The van der Waals surface area contributed by atoms with Crippen molar-refractivity contribution in [3.63, 3.8) is 0 Å². The van der Waals surface area contributed by atoms with Gasteiger partial charge in [-0.05, 0) is 13.0 Å². The molecule has 0 saturated carbocycles. The first kappa shape index (κ1) is 15.6. The number of aromatic carboxylic acids is 1. The molecule has 1 saturated heterocycles. The molecule has 3 rings (SSSR count). The van der Waals surface area contributed by atoms with E-state index >= 15 is 0 Å². The Labute approximate surface area is 129 Å². The van der Waals surface area contributed by atoms with Crippen molar-refractivity contribution in [3.8, 4) is 0 Å². The molecule has 4 atom stereocenters. The van der Waals surface area contributed by atoms with Gasteiger partial charge in [0.1, 0.15) is 29.3 Å². The molecule has 0 aromatic carbocycles. The number of aliphatic hydroxyl groups is 3. The van der Waals surface area contributed by atoms with E-state index in [0.717, 1.165) is 0 Å². The monoisotopic (exact) mass is 324 g/mol. The van der Waals surface area contributed by atoms with E-state index in [0.29, 0.717) is 5.39 Å². The van der Waals surface area contributed by atoms with Crippen molar-refractivity contribution in [1.29, 1.82) is 0 Å². The first-order chi connectivity index (χ1) is 10.8. The number of ether oxygens (including phenoxy) is 1. The fraction of sp³-hybridized carbons (Fsp3) is 0.462. The zero-order valence-electron chi connectivity index (χ0n) is 12.1. The second kappa shape index (κ2) is 5.13. The number of nitrogens with two attached hydrogens (primary N) is 1. The smallest absolute Gasteiger partial charge is 0.374 e. The van der Waals surface area contributed by atoms with E-state index in [-0.39, 0.29) is 11.5 Å². The molecule has 23 heavy (non-hydrogen) atoms. The van der Waals surface area contributed by atoms with Crippen LogP contribution in [0.4, 0.5) is 5.82 Å².